The molecule has 0 saturated carbocycles. The second kappa shape index (κ2) is 27.5. The van der Waals surface area contributed by atoms with E-state index >= 15 is 0 Å². The van der Waals surface area contributed by atoms with Crippen molar-refractivity contribution < 1.29 is 9.13 Å². The fraction of sp³-hybridized carbons (Fsp3) is 0.854. The van der Waals surface area contributed by atoms with Crippen LogP contribution in [0.3, 0.4) is 0 Å². The minimum Gasteiger partial charge on any atom is -0.226 e. The lowest BCUT2D eigenvalue weighted by Crippen LogP contribution is -2.38. The van der Waals surface area contributed by atoms with Gasteiger partial charge in [-0.05, 0) is 25.7 Å². The third kappa shape index (κ3) is 18.4. The second-order valence-electron chi connectivity index (χ2n) is 14.4. The summed E-state index contributed by atoms with van der Waals surface area (Å²) >= 11 is 0. The molecule has 2 heterocycles. The Labute approximate surface area is 281 Å². The van der Waals surface area contributed by atoms with Crippen LogP contribution in [0.15, 0.2) is 24.8 Å². The predicted octanol–water partition coefficient (Wildman–Crippen LogP) is 12.0. The summed E-state index contributed by atoms with van der Waals surface area (Å²) in [6, 6.07) is 0. The molecule has 0 aromatic carbocycles. The molecule has 2 aromatic heterocycles. The van der Waals surface area contributed by atoms with E-state index in [0.717, 1.165) is 13.1 Å². The lowest BCUT2D eigenvalue weighted by Gasteiger charge is -2.05. The van der Waals surface area contributed by atoms with Gasteiger partial charge in [-0.15, -0.1) is 0 Å². The van der Waals surface area contributed by atoms with E-state index in [0.29, 0.717) is 0 Å². The number of aromatic nitrogens is 4. The fourth-order valence-corrected chi connectivity index (χ4v) is 7.11. The second-order valence-corrected chi connectivity index (χ2v) is 14.4. The van der Waals surface area contributed by atoms with Gasteiger partial charge in [-0.1, -0.05) is 174 Å². The standard InChI is InChI=1S/C41H78N4/c1-5-7-9-11-13-15-17-19-21-23-25-27-29-31-33-35-45-39-37-43(4)41(45)40-42(3)36-38-44(40)34-32-30-28-26-24-22-20-18-16-14-12-10-8-6-2/h36-39H,5-35H2,1-4H3/q+2. The highest BCUT2D eigenvalue weighted by Crippen LogP contribution is 2.18. The Morgan fingerprint density at radius 1 is 0.356 bits per heavy atom. The predicted molar refractivity (Wildman–Crippen MR) is 195 cm³/mol. The summed E-state index contributed by atoms with van der Waals surface area (Å²) in [6.07, 6.45) is 50.2. The Bertz CT molecular complexity index is 926. The zero-order valence-corrected chi connectivity index (χ0v) is 31.0. The molecule has 0 saturated heterocycles. The Balaban J connectivity index is 1.56. The molecule has 0 atom stereocenters. The molecule has 0 aliphatic carbocycles. The van der Waals surface area contributed by atoms with Gasteiger partial charge in [0.05, 0.1) is 27.2 Å². The average Bonchev–Trinajstić information content (AvgIpc) is 3.59. The minimum absolute atomic E-state index is 1.12. The molecule has 2 rings (SSSR count). The van der Waals surface area contributed by atoms with Crippen LogP contribution >= 0.6 is 0 Å². The van der Waals surface area contributed by atoms with Gasteiger partial charge >= 0.3 is 11.6 Å². The number of aryl methyl sites for hydroxylation is 4. The van der Waals surface area contributed by atoms with Crippen LogP contribution in [0.2, 0.25) is 0 Å². The zero-order valence-electron chi connectivity index (χ0n) is 31.0. The van der Waals surface area contributed by atoms with Crippen molar-refractivity contribution in [1.82, 2.24) is 9.13 Å². The Kier molecular flexibility index (Phi) is 24.2. The lowest BCUT2D eigenvalue weighted by atomic mass is 10.0. The smallest absolute Gasteiger partial charge is 0.226 e. The summed E-state index contributed by atoms with van der Waals surface area (Å²) < 4.78 is 9.64. The third-order valence-electron chi connectivity index (χ3n) is 10.1. The van der Waals surface area contributed by atoms with E-state index < -0.39 is 0 Å². The van der Waals surface area contributed by atoms with Crippen molar-refractivity contribution in [3.05, 3.63) is 24.8 Å². The maximum atomic E-state index is 2.50. The van der Waals surface area contributed by atoms with Crippen molar-refractivity contribution in [1.29, 1.82) is 0 Å². The molecule has 0 N–H and O–H groups in total. The maximum Gasteiger partial charge on any atom is 0.373 e. The van der Waals surface area contributed by atoms with Crippen molar-refractivity contribution in [3.63, 3.8) is 0 Å². The van der Waals surface area contributed by atoms with Crippen LogP contribution in [-0.2, 0) is 27.2 Å². The first-order valence-electron chi connectivity index (χ1n) is 20.3. The molecule has 4 heteroatoms. The monoisotopic (exact) mass is 627 g/mol. The van der Waals surface area contributed by atoms with Crippen LogP contribution in [-0.4, -0.2) is 9.13 Å². The highest BCUT2D eigenvalue weighted by Gasteiger charge is 2.29. The quantitative estimate of drug-likeness (QED) is 0.0568. The Morgan fingerprint density at radius 3 is 0.822 bits per heavy atom. The van der Waals surface area contributed by atoms with Gasteiger partial charge in [0.15, 0.2) is 0 Å². The lowest BCUT2D eigenvalue weighted by molar-refractivity contribution is -0.690. The first-order chi connectivity index (χ1) is 22.2. The first-order valence-corrected chi connectivity index (χ1v) is 20.3. The molecule has 45 heavy (non-hydrogen) atoms. The molecule has 2 aromatic rings. The summed E-state index contributed by atoms with van der Waals surface area (Å²) in [4.78, 5) is 0. The van der Waals surface area contributed by atoms with Gasteiger partial charge in [0, 0.05) is 0 Å². The number of nitrogens with zero attached hydrogens (tertiary/aromatic N) is 4. The number of hydrogen-bond donors (Lipinski definition) is 0. The molecular weight excluding hydrogens is 548 g/mol. The number of imidazole rings is 2. The van der Waals surface area contributed by atoms with Crippen LogP contribution < -0.4 is 9.13 Å². The van der Waals surface area contributed by atoms with Gasteiger partial charge in [0.1, 0.15) is 24.8 Å². The Hall–Kier alpha value is -1.58. The first kappa shape index (κ1) is 39.6. The van der Waals surface area contributed by atoms with E-state index in [2.05, 4.69) is 71.0 Å². The van der Waals surface area contributed by atoms with Crippen LogP contribution in [0.25, 0.3) is 11.6 Å². The van der Waals surface area contributed by atoms with Crippen molar-refractivity contribution in [2.24, 2.45) is 14.1 Å². The summed E-state index contributed by atoms with van der Waals surface area (Å²) in [6.45, 7) is 6.86. The zero-order chi connectivity index (χ0) is 32.2. The van der Waals surface area contributed by atoms with E-state index in [-0.39, 0.29) is 0 Å². The number of unbranched alkanes of at least 4 members (excludes halogenated alkanes) is 27. The van der Waals surface area contributed by atoms with Crippen molar-refractivity contribution >= 4 is 0 Å². The van der Waals surface area contributed by atoms with E-state index in [1.54, 1.807) is 0 Å². The molecule has 0 amide bonds. The van der Waals surface area contributed by atoms with Gasteiger partial charge in [0.25, 0.3) is 0 Å². The van der Waals surface area contributed by atoms with E-state index in [9.17, 15) is 0 Å². The van der Waals surface area contributed by atoms with Crippen LogP contribution in [0, 0.1) is 0 Å². The van der Waals surface area contributed by atoms with Crippen LogP contribution in [0.5, 0.6) is 0 Å². The normalized spacial score (nSPS) is 11.6. The molecule has 0 fully saturated rings. The highest BCUT2D eigenvalue weighted by atomic mass is 15.2. The van der Waals surface area contributed by atoms with Gasteiger partial charge in [0.2, 0.25) is 0 Å². The summed E-state index contributed by atoms with van der Waals surface area (Å²) in [5.74, 6) is 2.69. The molecule has 0 radical (unpaired) electrons. The summed E-state index contributed by atoms with van der Waals surface area (Å²) in [5, 5.41) is 0. The molecule has 0 bridgehead atoms. The summed E-state index contributed by atoms with van der Waals surface area (Å²) in [5.41, 5.74) is 0. The van der Waals surface area contributed by atoms with Gasteiger partial charge in [-0.25, -0.2) is 18.3 Å². The Morgan fingerprint density at radius 2 is 0.578 bits per heavy atom. The molecule has 0 spiro atoms. The largest absolute Gasteiger partial charge is 0.373 e. The fourth-order valence-electron chi connectivity index (χ4n) is 7.11. The topological polar surface area (TPSA) is 17.6 Å². The van der Waals surface area contributed by atoms with Crippen molar-refractivity contribution in [3.8, 4) is 11.6 Å². The number of hydrogen-bond acceptors (Lipinski definition) is 0. The van der Waals surface area contributed by atoms with Crippen LogP contribution in [0.1, 0.15) is 200 Å². The minimum atomic E-state index is 1.12. The summed E-state index contributed by atoms with van der Waals surface area (Å²) in [7, 11) is 4.42. The molecular formula is C41H78N4+2. The van der Waals surface area contributed by atoms with E-state index in [4.69, 9.17) is 0 Å². The van der Waals surface area contributed by atoms with Gasteiger partial charge in [-0.2, -0.15) is 0 Å². The highest BCUT2D eigenvalue weighted by molar-refractivity contribution is 5.36. The maximum absolute atomic E-state index is 2.50. The molecule has 0 aliphatic heterocycles. The molecule has 4 nitrogen and oxygen atoms in total. The number of rotatable bonds is 32. The van der Waals surface area contributed by atoms with E-state index in [1.807, 2.05) is 0 Å². The van der Waals surface area contributed by atoms with E-state index in [1.165, 1.54) is 198 Å². The van der Waals surface area contributed by atoms with Crippen LogP contribution in [0.4, 0.5) is 0 Å². The van der Waals surface area contributed by atoms with Gasteiger partial charge in [-0.3, -0.25) is 0 Å². The molecule has 260 valence electrons. The third-order valence-corrected chi connectivity index (χ3v) is 10.1. The van der Waals surface area contributed by atoms with Crippen molar-refractivity contribution in [2.45, 2.75) is 213 Å². The van der Waals surface area contributed by atoms with Gasteiger partial charge < -0.3 is 0 Å². The average molecular weight is 627 g/mol. The molecule has 0 aliphatic rings. The molecule has 0 unspecified atom stereocenters. The SMILES string of the molecule is CCCCCCCCCCCCCCCCCn1cc[n+](C)c1-c1n(CCCCCCCCCCCCCCCC)cc[n+]1C. The van der Waals surface area contributed by atoms with Crippen molar-refractivity contribution in [2.75, 3.05) is 0 Å².